The van der Waals surface area contributed by atoms with Crippen molar-refractivity contribution in [3.63, 3.8) is 0 Å². The van der Waals surface area contributed by atoms with Crippen molar-refractivity contribution in [1.82, 2.24) is 15.5 Å². The van der Waals surface area contributed by atoms with Crippen LogP contribution < -0.4 is 15.4 Å². The number of benzene rings is 1. The molecule has 3 amide bonds. The normalized spacial score (nSPS) is 12.5. The summed E-state index contributed by atoms with van der Waals surface area (Å²) >= 11 is 1.35. The molecule has 28 heavy (non-hydrogen) atoms. The van der Waals surface area contributed by atoms with E-state index in [1.807, 2.05) is 0 Å². The van der Waals surface area contributed by atoms with Crippen molar-refractivity contribution < 1.29 is 24.2 Å². The number of nitrogens with one attached hydrogen (secondary N) is 2. The molecule has 1 heterocycles. The second-order valence-corrected chi connectivity index (χ2v) is 7.05. The van der Waals surface area contributed by atoms with E-state index in [-0.39, 0.29) is 12.5 Å². The molecule has 2 rings (SSSR count). The SMILES string of the molecule is COc1cccc(C(CC(=O)NC(C(=O)O)c2ccsc2)NC(=O)N(C)C)c1. The molecule has 2 unspecified atom stereocenters. The molecule has 1 aromatic heterocycles. The Kier molecular flexibility index (Phi) is 7.39. The van der Waals surface area contributed by atoms with Gasteiger partial charge >= 0.3 is 12.0 Å². The molecule has 0 aliphatic carbocycles. The summed E-state index contributed by atoms with van der Waals surface area (Å²) in [5.74, 6) is -1.06. The number of thiophene rings is 1. The minimum absolute atomic E-state index is 0.124. The van der Waals surface area contributed by atoms with E-state index in [9.17, 15) is 19.5 Å². The third kappa shape index (κ3) is 5.71. The van der Waals surface area contributed by atoms with Crippen LogP contribution in [0.5, 0.6) is 5.75 Å². The first kappa shape index (κ1) is 21.2. The summed E-state index contributed by atoms with van der Waals surface area (Å²) in [5, 5.41) is 18.1. The van der Waals surface area contributed by atoms with Crippen LogP contribution in [0, 0.1) is 0 Å². The Labute approximate surface area is 167 Å². The number of hydrogen-bond donors (Lipinski definition) is 3. The molecule has 0 aliphatic heterocycles. The van der Waals surface area contributed by atoms with Crippen LogP contribution >= 0.6 is 11.3 Å². The molecule has 3 N–H and O–H groups in total. The Balaban J connectivity index is 2.19. The average molecular weight is 405 g/mol. The Morgan fingerprint density at radius 2 is 1.93 bits per heavy atom. The fraction of sp³-hybridized carbons (Fsp3) is 0.316. The van der Waals surface area contributed by atoms with E-state index < -0.39 is 24.0 Å². The zero-order valence-electron chi connectivity index (χ0n) is 15.8. The molecular weight excluding hydrogens is 382 g/mol. The van der Waals surface area contributed by atoms with Crippen LogP contribution in [0.1, 0.15) is 29.6 Å². The lowest BCUT2D eigenvalue weighted by molar-refractivity contribution is -0.142. The van der Waals surface area contributed by atoms with Gasteiger partial charge in [-0.15, -0.1) is 0 Å². The largest absolute Gasteiger partial charge is 0.497 e. The first-order valence-corrected chi connectivity index (χ1v) is 9.42. The third-order valence-corrected chi connectivity index (χ3v) is 4.72. The molecule has 9 heteroatoms. The summed E-state index contributed by atoms with van der Waals surface area (Å²) in [4.78, 5) is 37.6. The number of carboxylic acids is 1. The van der Waals surface area contributed by atoms with Crippen LogP contribution in [0.3, 0.4) is 0 Å². The van der Waals surface area contributed by atoms with Crippen molar-refractivity contribution in [2.24, 2.45) is 0 Å². The molecular formula is C19H23N3O5S. The monoisotopic (exact) mass is 405 g/mol. The number of hydrogen-bond acceptors (Lipinski definition) is 5. The van der Waals surface area contributed by atoms with E-state index in [1.165, 1.54) is 23.3 Å². The maximum absolute atomic E-state index is 12.6. The number of rotatable bonds is 8. The van der Waals surface area contributed by atoms with Gasteiger partial charge in [0.15, 0.2) is 6.04 Å². The highest BCUT2D eigenvalue weighted by atomic mass is 32.1. The quantitative estimate of drug-likeness (QED) is 0.625. The lowest BCUT2D eigenvalue weighted by Gasteiger charge is -2.23. The van der Waals surface area contributed by atoms with Crippen molar-refractivity contribution in [2.75, 3.05) is 21.2 Å². The number of carboxylic acid groups (broad SMARTS) is 1. The lowest BCUT2D eigenvalue weighted by atomic mass is 10.0. The van der Waals surface area contributed by atoms with Crippen molar-refractivity contribution in [3.05, 3.63) is 52.2 Å². The Hall–Kier alpha value is -3.07. The van der Waals surface area contributed by atoms with Gasteiger partial charge in [0, 0.05) is 14.1 Å². The molecule has 0 fully saturated rings. The predicted molar refractivity (Wildman–Crippen MR) is 105 cm³/mol. The Morgan fingerprint density at radius 1 is 1.18 bits per heavy atom. The summed E-state index contributed by atoms with van der Waals surface area (Å²) < 4.78 is 5.21. The standard InChI is InChI=1S/C19H23N3O5S/c1-22(2)19(26)20-15(12-5-4-6-14(9-12)27-3)10-16(23)21-17(18(24)25)13-7-8-28-11-13/h4-9,11,15,17H,10H2,1-3H3,(H,20,26)(H,21,23)(H,24,25). The van der Waals surface area contributed by atoms with Gasteiger partial charge in [-0.1, -0.05) is 12.1 Å². The van der Waals surface area contributed by atoms with Gasteiger partial charge in [-0.25, -0.2) is 9.59 Å². The number of carbonyl (C=O) groups excluding carboxylic acids is 2. The topological polar surface area (TPSA) is 108 Å². The lowest BCUT2D eigenvalue weighted by Crippen LogP contribution is -2.40. The van der Waals surface area contributed by atoms with Crippen LogP contribution in [0.4, 0.5) is 4.79 Å². The van der Waals surface area contributed by atoms with Gasteiger partial charge in [0.2, 0.25) is 5.91 Å². The molecule has 0 spiro atoms. The first-order chi connectivity index (χ1) is 13.3. The van der Waals surface area contributed by atoms with Crippen molar-refractivity contribution in [1.29, 1.82) is 0 Å². The fourth-order valence-corrected chi connectivity index (χ4v) is 3.21. The van der Waals surface area contributed by atoms with E-state index in [0.717, 1.165) is 0 Å². The predicted octanol–water partition coefficient (Wildman–Crippen LogP) is 2.40. The Bertz CT molecular complexity index is 823. The molecule has 8 nitrogen and oxygen atoms in total. The van der Waals surface area contributed by atoms with Crippen molar-refractivity contribution in [2.45, 2.75) is 18.5 Å². The zero-order chi connectivity index (χ0) is 20.7. The average Bonchev–Trinajstić information content (AvgIpc) is 3.19. The van der Waals surface area contributed by atoms with Gasteiger partial charge in [0.25, 0.3) is 0 Å². The van der Waals surface area contributed by atoms with Crippen LogP contribution in [0.25, 0.3) is 0 Å². The highest BCUT2D eigenvalue weighted by Gasteiger charge is 2.25. The fourth-order valence-electron chi connectivity index (χ4n) is 2.52. The molecule has 1 aromatic carbocycles. The van der Waals surface area contributed by atoms with Crippen LogP contribution in [-0.4, -0.2) is 49.1 Å². The summed E-state index contributed by atoms with van der Waals surface area (Å²) in [6, 6.07) is 6.49. The molecule has 2 aromatic rings. The first-order valence-electron chi connectivity index (χ1n) is 8.48. The number of nitrogens with zero attached hydrogens (tertiary/aromatic N) is 1. The van der Waals surface area contributed by atoms with Crippen LogP contribution in [0.2, 0.25) is 0 Å². The molecule has 0 bridgehead atoms. The molecule has 150 valence electrons. The number of carbonyl (C=O) groups is 3. The minimum atomic E-state index is -1.15. The second kappa shape index (κ2) is 9.75. The summed E-state index contributed by atoms with van der Waals surface area (Å²) in [7, 11) is 4.71. The second-order valence-electron chi connectivity index (χ2n) is 6.27. The number of aliphatic carboxylic acids is 1. The van der Waals surface area contributed by atoms with Gasteiger partial charge in [-0.3, -0.25) is 4.79 Å². The Morgan fingerprint density at radius 3 is 2.50 bits per heavy atom. The van der Waals surface area contributed by atoms with Gasteiger partial charge < -0.3 is 25.4 Å². The van der Waals surface area contributed by atoms with Gasteiger partial charge in [-0.05, 0) is 40.1 Å². The van der Waals surface area contributed by atoms with Gasteiger partial charge in [0.05, 0.1) is 19.6 Å². The van der Waals surface area contributed by atoms with E-state index >= 15 is 0 Å². The number of ether oxygens (including phenoxy) is 1. The van der Waals surface area contributed by atoms with Crippen molar-refractivity contribution in [3.8, 4) is 5.75 Å². The molecule has 0 saturated carbocycles. The summed E-state index contributed by atoms with van der Waals surface area (Å²) in [6.45, 7) is 0. The van der Waals surface area contributed by atoms with E-state index in [1.54, 1.807) is 55.2 Å². The summed E-state index contributed by atoms with van der Waals surface area (Å²) in [5.41, 5.74) is 1.17. The highest BCUT2D eigenvalue weighted by Crippen LogP contribution is 2.23. The van der Waals surface area contributed by atoms with E-state index in [0.29, 0.717) is 16.9 Å². The molecule has 0 radical (unpaired) electrons. The van der Waals surface area contributed by atoms with E-state index in [4.69, 9.17) is 4.74 Å². The number of urea groups is 1. The summed E-state index contributed by atoms with van der Waals surface area (Å²) in [6.07, 6.45) is -0.124. The maximum atomic E-state index is 12.6. The van der Waals surface area contributed by atoms with Crippen LogP contribution in [-0.2, 0) is 9.59 Å². The molecule has 2 atom stereocenters. The molecule has 0 saturated heterocycles. The maximum Gasteiger partial charge on any atom is 0.330 e. The van der Waals surface area contributed by atoms with Gasteiger partial charge in [0.1, 0.15) is 5.75 Å². The van der Waals surface area contributed by atoms with E-state index in [2.05, 4.69) is 10.6 Å². The zero-order valence-corrected chi connectivity index (χ0v) is 16.7. The molecule has 0 aliphatic rings. The third-order valence-electron chi connectivity index (χ3n) is 4.02. The number of methoxy groups -OCH3 is 1. The highest BCUT2D eigenvalue weighted by molar-refractivity contribution is 7.08. The number of amides is 3. The minimum Gasteiger partial charge on any atom is -0.497 e. The smallest absolute Gasteiger partial charge is 0.330 e. The van der Waals surface area contributed by atoms with Gasteiger partial charge in [-0.2, -0.15) is 11.3 Å². The van der Waals surface area contributed by atoms with Crippen LogP contribution in [0.15, 0.2) is 41.1 Å². The van der Waals surface area contributed by atoms with Crippen molar-refractivity contribution >= 4 is 29.2 Å².